The Kier molecular flexibility index (Phi) is 4.61. The topological polar surface area (TPSA) is 70.7 Å². The van der Waals surface area contributed by atoms with Crippen LogP contribution in [0, 0.1) is 22.9 Å². The Balaban J connectivity index is 2.10. The van der Waals surface area contributed by atoms with E-state index in [-0.39, 0.29) is 23.1 Å². The fourth-order valence-corrected chi connectivity index (χ4v) is 3.29. The van der Waals surface area contributed by atoms with Gasteiger partial charge in [0.1, 0.15) is 23.0 Å². The predicted octanol–water partition coefficient (Wildman–Crippen LogP) is 3.88. The van der Waals surface area contributed by atoms with E-state index in [4.69, 9.17) is 5.73 Å². The Bertz CT molecular complexity index is 989. The predicted molar refractivity (Wildman–Crippen MR) is 102 cm³/mol. The summed E-state index contributed by atoms with van der Waals surface area (Å²) in [6.07, 6.45) is 0. The summed E-state index contributed by atoms with van der Waals surface area (Å²) in [6.45, 7) is 4.97. The maximum atomic E-state index is 14.8. The molecule has 0 aliphatic carbocycles. The highest BCUT2D eigenvalue weighted by atomic mass is 19.1. The second-order valence-electron chi connectivity index (χ2n) is 7.48. The van der Waals surface area contributed by atoms with Crippen LogP contribution in [0.2, 0.25) is 0 Å². The van der Waals surface area contributed by atoms with Gasteiger partial charge in [-0.05, 0) is 51.1 Å². The van der Waals surface area contributed by atoms with Crippen LogP contribution in [0.4, 0.5) is 24.5 Å². The fraction of sp³-hybridized carbons (Fsp3) is 0.300. The third kappa shape index (κ3) is 2.98. The lowest BCUT2D eigenvalue weighted by molar-refractivity contribution is -0.140. The average Bonchev–Trinajstić information content (AvgIpc) is 2.62. The first-order chi connectivity index (χ1) is 13.0. The molecule has 28 heavy (non-hydrogen) atoms. The van der Waals surface area contributed by atoms with Crippen LogP contribution >= 0.6 is 0 Å². The van der Waals surface area contributed by atoms with Crippen molar-refractivity contribution in [2.45, 2.75) is 26.3 Å². The summed E-state index contributed by atoms with van der Waals surface area (Å²) in [6, 6.07) is 7.18. The van der Waals surface area contributed by atoms with Gasteiger partial charge in [-0.15, -0.1) is 0 Å². The summed E-state index contributed by atoms with van der Waals surface area (Å²) in [7, 11) is 1.51. The normalized spacial score (nSPS) is 21.5. The van der Waals surface area contributed by atoms with Crippen LogP contribution < -0.4 is 11.1 Å². The molecule has 8 heteroatoms. The van der Waals surface area contributed by atoms with Crippen molar-refractivity contribution in [1.29, 1.82) is 0 Å². The van der Waals surface area contributed by atoms with Crippen molar-refractivity contribution in [2.75, 3.05) is 12.4 Å². The molecular formula is C20H21F3N4O. The number of carbonyl (C=O) groups excluding carboxylic acids is 1. The standard InChI is InChI=1S/C20H21F3N4O/c1-19(2)17(28)27(4)18(24)26-20(19,3)13-10-12(6-7-14(13)22)25-16-8-5-11(21)9-15(16)23/h5-10,25H,1-4H3,(H2,24,26)/t20-/m1/s1. The lowest BCUT2D eigenvalue weighted by Gasteiger charge is -2.46. The zero-order valence-electron chi connectivity index (χ0n) is 16.0. The minimum atomic E-state index is -1.29. The van der Waals surface area contributed by atoms with Crippen LogP contribution in [0.3, 0.4) is 0 Å². The van der Waals surface area contributed by atoms with Gasteiger partial charge in [0.05, 0.1) is 11.1 Å². The molecule has 3 N–H and O–H groups in total. The van der Waals surface area contributed by atoms with Crippen molar-refractivity contribution in [1.82, 2.24) is 4.90 Å². The Labute approximate surface area is 161 Å². The van der Waals surface area contributed by atoms with Gasteiger partial charge in [0.15, 0.2) is 5.96 Å². The van der Waals surface area contributed by atoms with Gasteiger partial charge in [-0.1, -0.05) is 0 Å². The van der Waals surface area contributed by atoms with E-state index in [0.717, 1.165) is 12.1 Å². The first-order valence-corrected chi connectivity index (χ1v) is 8.63. The molecule has 0 unspecified atom stereocenters. The van der Waals surface area contributed by atoms with Crippen LogP contribution in [0.1, 0.15) is 26.3 Å². The summed E-state index contributed by atoms with van der Waals surface area (Å²) in [5, 5.41) is 2.80. The smallest absolute Gasteiger partial charge is 0.237 e. The molecule has 0 saturated carbocycles. The number of amides is 1. The number of anilines is 2. The van der Waals surface area contributed by atoms with E-state index in [0.29, 0.717) is 5.69 Å². The zero-order valence-corrected chi connectivity index (χ0v) is 16.0. The number of halogens is 3. The van der Waals surface area contributed by atoms with Crippen molar-refractivity contribution in [3.8, 4) is 0 Å². The monoisotopic (exact) mass is 390 g/mol. The first-order valence-electron chi connectivity index (χ1n) is 8.63. The molecule has 0 bridgehead atoms. The number of aliphatic imine (C=N–C) groups is 1. The van der Waals surface area contributed by atoms with Gasteiger partial charge in [0.25, 0.3) is 0 Å². The molecule has 2 aromatic rings. The Hall–Kier alpha value is -3.03. The zero-order chi connectivity index (χ0) is 20.9. The maximum Gasteiger partial charge on any atom is 0.237 e. The molecule has 0 saturated heterocycles. The molecule has 1 amide bonds. The van der Waals surface area contributed by atoms with E-state index >= 15 is 0 Å². The molecule has 1 aliphatic heterocycles. The summed E-state index contributed by atoms with van der Waals surface area (Å²) in [5.74, 6) is -2.38. The molecular weight excluding hydrogens is 369 g/mol. The van der Waals surface area contributed by atoms with Gasteiger partial charge in [-0.3, -0.25) is 9.69 Å². The number of nitrogens with two attached hydrogens (primary N) is 1. The van der Waals surface area contributed by atoms with E-state index < -0.39 is 28.4 Å². The summed E-state index contributed by atoms with van der Waals surface area (Å²) in [5.41, 5.74) is 4.03. The van der Waals surface area contributed by atoms with Gasteiger partial charge in [0, 0.05) is 24.4 Å². The van der Waals surface area contributed by atoms with Crippen LogP contribution in [-0.2, 0) is 10.3 Å². The van der Waals surface area contributed by atoms with Gasteiger partial charge in [0.2, 0.25) is 5.91 Å². The number of hydrogen-bond donors (Lipinski definition) is 2. The van der Waals surface area contributed by atoms with E-state index in [1.54, 1.807) is 20.8 Å². The van der Waals surface area contributed by atoms with Crippen molar-refractivity contribution in [2.24, 2.45) is 16.1 Å². The highest BCUT2D eigenvalue weighted by Gasteiger charge is 2.53. The Morgan fingerprint density at radius 1 is 1.04 bits per heavy atom. The molecule has 3 rings (SSSR count). The van der Waals surface area contributed by atoms with Crippen molar-refractivity contribution >= 4 is 23.2 Å². The second kappa shape index (κ2) is 6.54. The number of guanidine groups is 1. The molecule has 0 aromatic heterocycles. The summed E-state index contributed by atoms with van der Waals surface area (Å²) >= 11 is 0. The highest BCUT2D eigenvalue weighted by molar-refractivity contribution is 6.01. The molecule has 0 radical (unpaired) electrons. The van der Waals surface area contributed by atoms with Crippen LogP contribution in [0.15, 0.2) is 41.4 Å². The van der Waals surface area contributed by atoms with E-state index in [1.807, 2.05) is 0 Å². The average molecular weight is 390 g/mol. The summed E-state index contributed by atoms with van der Waals surface area (Å²) < 4.78 is 41.8. The molecule has 1 atom stereocenters. The van der Waals surface area contributed by atoms with Crippen LogP contribution in [0.25, 0.3) is 0 Å². The molecule has 2 aromatic carbocycles. The molecule has 1 aliphatic rings. The SMILES string of the molecule is CN1C(=O)C(C)(C)[C@@](C)(c2cc(Nc3ccc(F)cc3F)ccc2F)N=C1N. The highest BCUT2D eigenvalue weighted by Crippen LogP contribution is 2.47. The molecule has 1 heterocycles. The molecule has 0 spiro atoms. The third-order valence-corrected chi connectivity index (χ3v) is 5.44. The summed E-state index contributed by atoms with van der Waals surface area (Å²) in [4.78, 5) is 18.4. The van der Waals surface area contributed by atoms with Crippen molar-refractivity contribution in [3.63, 3.8) is 0 Å². The lowest BCUT2D eigenvalue weighted by Crippen LogP contribution is -2.58. The van der Waals surface area contributed by atoms with E-state index in [1.165, 1.54) is 36.2 Å². The fourth-order valence-electron chi connectivity index (χ4n) is 3.29. The quantitative estimate of drug-likeness (QED) is 0.836. The number of nitrogens with zero attached hydrogens (tertiary/aromatic N) is 2. The molecule has 0 fully saturated rings. The second-order valence-corrected chi connectivity index (χ2v) is 7.48. The largest absolute Gasteiger partial charge is 0.369 e. The molecule has 5 nitrogen and oxygen atoms in total. The van der Waals surface area contributed by atoms with Crippen LogP contribution in [0.5, 0.6) is 0 Å². The molecule has 148 valence electrons. The number of hydrogen-bond acceptors (Lipinski definition) is 4. The lowest BCUT2D eigenvalue weighted by atomic mass is 9.67. The van der Waals surface area contributed by atoms with Crippen LogP contribution in [-0.4, -0.2) is 23.8 Å². The Morgan fingerprint density at radius 2 is 1.71 bits per heavy atom. The first kappa shape index (κ1) is 19.7. The number of carbonyl (C=O) groups is 1. The Morgan fingerprint density at radius 3 is 2.36 bits per heavy atom. The van der Waals surface area contributed by atoms with Gasteiger partial charge in [-0.25, -0.2) is 18.2 Å². The van der Waals surface area contributed by atoms with Gasteiger partial charge in [-0.2, -0.15) is 0 Å². The van der Waals surface area contributed by atoms with Crippen molar-refractivity contribution < 1.29 is 18.0 Å². The third-order valence-electron chi connectivity index (χ3n) is 5.44. The number of nitrogens with one attached hydrogen (secondary N) is 1. The van der Waals surface area contributed by atoms with E-state index in [2.05, 4.69) is 10.3 Å². The number of benzene rings is 2. The van der Waals surface area contributed by atoms with E-state index in [9.17, 15) is 18.0 Å². The van der Waals surface area contributed by atoms with Crippen molar-refractivity contribution in [3.05, 3.63) is 59.4 Å². The van der Waals surface area contributed by atoms with Gasteiger partial charge >= 0.3 is 0 Å². The minimum Gasteiger partial charge on any atom is -0.369 e. The maximum absolute atomic E-state index is 14.8. The minimum absolute atomic E-state index is 0.0193. The number of rotatable bonds is 3. The van der Waals surface area contributed by atoms with Gasteiger partial charge < -0.3 is 11.1 Å².